The molecule has 0 fully saturated rings. The lowest BCUT2D eigenvalue weighted by Crippen LogP contribution is -2.34. The molecule has 1 atom stereocenters. The molecule has 0 unspecified atom stereocenters. The van der Waals surface area contributed by atoms with E-state index in [-0.39, 0.29) is 11.5 Å². The molecule has 0 aliphatic rings. The third kappa shape index (κ3) is 3.56. The van der Waals surface area contributed by atoms with Crippen molar-refractivity contribution < 1.29 is 4.79 Å². The maximum Gasteiger partial charge on any atom is 0.279 e. The van der Waals surface area contributed by atoms with Gasteiger partial charge in [-0.05, 0) is 49.6 Å². The van der Waals surface area contributed by atoms with E-state index in [1.807, 2.05) is 68.4 Å². The molecule has 0 aliphatic carbocycles. The number of amides is 1. The van der Waals surface area contributed by atoms with Crippen LogP contribution in [0, 0.1) is 13.8 Å². The predicted molar refractivity (Wildman–Crippen MR) is 116 cm³/mol. The Morgan fingerprint density at radius 2 is 1.86 bits per heavy atom. The number of thiophene rings is 1. The normalized spacial score (nSPS) is 12.1. The van der Waals surface area contributed by atoms with Crippen LogP contribution in [0.2, 0.25) is 0 Å². The zero-order valence-electron chi connectivity index (χ0n) is 16.3. The molecule has 0 spiro atoms. The molecule has 2 heterocycles. The Labute approximate surface area is 171 Å². The van der Waals surface area contributed by atoms with E-state index in [9.17, 15) is 9.59 Å². The Morgan fingerprint density at radius 3 is 2.62 bits per heavy atom. The SMILES string of the molecule is Cc1cccc(NC(=O)[C@H](C)n2nnc3sc(-c4ccccc4)cc3c2=O)c1C. The number of hydrogen-bond acceptors (Lipinski definition) is 5. The van der Waals surface area contributed by atoms with Crippen molar-refractivity contribution in [2.75, 3.05) is 5.32 Å². The van der Waals surface area contributed by atoms with E-state index in [1.165, 1.54) is 11.3 Å². The second kappa shape index (κ2) is 7.60. The predicted octanol–water partition coefficient (Wildman–Crippen LogP) is 4.34. The molecule has 0 saturated heterocycles. The maximum atomic E-state index is 13.0. The number of nitrogens with one attached hydrogen (secondary N) is 1. The molecule has 4 aromatic rings. The molecule has 0 bridgehead atoms. The number of fused-ring (bicyclic) bond motifs is 1. The van der Waals surface area contributed by atoms with Crippen molar-refractivity contribution in [3.05, 3.63) is 76.1 Å². The summed E-state index contributed by atoms with van der Waals surface area (Å²) in [5.41, 5.74) is 3.50. The third-order valence-electron chi connectivity index (χ3n) is 5.05. The van der Waals surface area contributed by atoms with Crippen LogP contribution in [0.25, 0.3) is 20.7 Å². The lowest BCUT2D eigenvalue weighted by atomic mass is 10.1. The van der Waals surface area contributed by atoms with E-state index in [2.05, 4.69) is 15.6 Å². The van der Waals surface area contributed by atoms with Gasteiger partial charge >= 0.3 is 0 Å². The van der Waals surface area contributed by atoms with Crippen LogP contribution in [0.4, 0.5) is 5.69 Å². The largest absolute Gasteiger partial charge is 0.324 e. The number of aromatic nitrogens is 3. The first-order chi connectivity index (χ1) is 14.0. The molecule has 2 aromatic carbocycles. The van der Waals surface area contributed by atoms with E-state index in [4.69, 9.17) is 0 Å². The fourth-order valence-corrected chi connectivity index (χ4v) is 4.07. The minimum absolute atomic E-state index is 0.312. The van der Waals surface area contributed by atoms with Gasteiger partial charge in [0, 0.05) is 10.6 Å². The van der Waals surface area contributed by atoms with Crippen molar-refractivity contribution in [2.24, 2.45) is 0 Å². The monoisotopic (exact) mass is 404 g/mol. The number of carbonyl (C=O) groups is 1. The summed E-state index contributed by atoms with van der Waals surface area (Å²) in [6, 6.07) is 16.5. The second-order valence-corrected chi connectivity index (χ2v) is 7.98. The quantitative estimate of drug-likeness (QED) is 0.549. The molecule has 1 N–H and O–H groups in total. The Balaban J connectivity index is 1.66. The van der Waals surface area contributed by atoms with Gasteiger partial charge in [-0.1, -0.05) is 47.7 Å². The summed E-state index contributed by atoms with van der Waals surface area (Å²) in [5, 5.41) is 11.6. The molecular weight excluding hydrogens is 384 g/mol. The van der Waals surface area contributed by atoms with Crippen molar-refractivity contribution in [3.63, 3.8) is 0 Å². The van der Waals surface area contributed by atoms with E-state index in [0.29, 0.717) is 10.2 Å². The van der Waals surface area contributed by atoms with Gasteiger partial charge in [0.25, 0.3) is 5.56 Å². The van der Waals surface area contributed by atoms with Crippen LogP contribution in [-0.4, -0.2) is 20.9 Å². The van der Waals surface area contributed by atoms with E-state index < -0.39 is 6.04 Å². The zero-order chi connectivity index (χ0) is 20.5. The zero-order valence-corrected chi connectivity index (χ0v) is 17.2. The van der Waals surface area contributed by atoms with Gasteiger partial charge in [0.15, 0.2) is 4.83 Å². The smallest absolute Gasteiger partial charge is 0.279 e. The van der Waals surface area contributed by atoms with Gasteiger partial charge in [-0.15, -0.1) is 16.4 Å². The first-order valence-corrected chi connectivity index (χ1v) is 10.1. The standard InChI is InChI=1S/C22H20N4O2S/c1-13-8-7-11-18(14(13)2)23-20(27)15(3)26-22(28)17-12-19(29-21(17)24-25-26)16-9-5-4-6-10-16/h4-12,15H,1-3H3,(H,23,27)/t15-/m0/s1. The first kappa shape index (κ1) is 19.0. The highest BCUT2D eigenvalue weighted by Gasteiger charge is 2.21. The van der Waals surface area contributed by atoms with Crippen LogP contribution in [0.5, 0.6) is 0 Å². The minimum Gasteiger partial charge on any atom is -0.324 e. The summed E-state index contributed by atoms with van der Waals surface area (Å²) in [6.07, 6.45) is 0. The highest BCUT2D eigenvalue weighted by atomic mass is 32.1. The van der Waals surface area contributed by atoms with Gasteiger partial charge in [-0.25, -0.2) is 0 Å². The van der Waals surface area contributed by atoms with E-state index >= 15 is 0 Å². The minimum atomic E-state index is -0.792. The number of anilines is 1. The fourth-order valence-electron chi connectivity index (χ4n) is 3.09. The van der Waals surface area contributed by atoms with Crippen LogP contribution < -0.4 is 10.9 Å². The lowest BCUT2D eigenvalue weighted by molar-refractivity contribution is -0.119. The Bertz CT molecular complexity index is 1260. The summed E-state index contributed by atoms with van der Waals surface area (Å²) in [6.45, 7) is 5.58. The second-order valence-electron chi connectivity index (χ2n) is 6.95. The van der Waals surface area contributed by atoms with Gasteiger partial charge in [0.1, 0.15) is 6.04 Å². The van der Waals surface area contributed by atoms with Crippen LogP contribution in [0.15, 0.2) is 59.4 Å². The molecule has 2 aromatic heterocycles. The van der Waals surface area contributed by atoms with Crippen LogP contribution in [0.3, 0.4) is 0 Å². The van der Waals surface area contributed by atoms with Crippen molar-refractivity contribution >= 4 is 33.1 Å². The van der Waals surface area contributed by atoms with E-state index in [1.54, 1.807) is 6.92 Å². The van der Waals surface area contributed by atoms with Gasteiger partial charge in [0.05, 0.1) is 5.39 Å². The molecule has 0 aliphatic heterocycles. The average Bonchev–Trinajstić information content (AvgIpc) is 3.17. The molecule has 0 saturated carbocycles. The highest BCUT2D eigenvalue weighted by molar-refractivity contribution is 7.21. The molecule has 7 heteroatoms. The topological polar surface area (TPSA) is 76.9 Å². The van der Waals surface area contributed by atoms with Crippen molar-refractivity contribution in [3.8, 4) is 10.4 Å². The molecule has 1 amide bonds. The lowest BCUT2D eigenvalue weighted by Gasteiger charge is -2.15. The van der Waals surface area contributed by atoms with Crippen molar-refractivity contribution in [1.29, 1.82) is 0 Å². The number of benzene rings is 2. The number of hydrogen-bond donors (Lipinski definition) is 1. The summed E-state index contributed by atoms with van der Waals surface area (Å²) in [5.74, 6) is -0.312. The van der Waals surface area contributed by atoms with Gasteiger partial charge in [0.2, 0.25) is 5.91 Å². The van der Waals surface area contributed by atoms with Gasteiger partial charge in [-0.2, -0.15) is 4.68 Å². The van der Waals surface area contributed by atoms with Crippen molar-refractivity contribution in [1.82, 2.24) is 15.0 Å². The number of rotatable bonds is 4. The van der Waals surface area contributed by atoms with Crippen LogP contribution in [-0.2, 0) is 4.79 Å². The summed E-state index contributed by atoms with van der Waals surface area (Å²) in [7, 11) is 0. The third-order valence-corrected chi connectivity index (χ3v) is 6.12. The molecule has 4 rings (SSSR count). The average molecular weight is 404 g/mol. The number of aryl methyl sites for hydroxylation is 1. The summed E-state index contributed by atoms with van der Waals surface area (Å²) >= 11 is 1.41. The molecule has 29 heavy (non-hydrogen) atoms. The van der Waals surface area contributed by atoms with Crippen LogP contribution >= 0.6 is 11.3 Å². The van der Waals surface area contributed by atoms with Crippen molar-refractivity contribution in [2.45, 2.75) is 26.8 Å². The molecule has 146 valence electrons. The maximum absolute atomic E-state index is 13.0. The summed E-state index contributed by atoms with van der Waals surface area (Å²) < 4.78 is 1.14. The fraction of sp³-hybridized carbons (Fsp3) is 0.182. The van der Waals surface area contributed by atoms with Crippen LogP contribution in [0.1, 0.15) is 24.1 Å². The highest BCUT2D eigenvalue weighted by Crippen LogP contribution is 2.30. The van der Waals surface area contributed by atoms with E-state index in [0.717, 1.165) is 31.9 Å². The van der Waals surface area contributed by atoms with Gasteiger partial charge in [-0.3, -0.25) is 9.59 Å². The van der Waals surface area contributed by atoms with Gasteiger partial charge < -0.3 is 5.32 Å². The first-order valence-electron chi connectivity index (χ1n) is 9.27. The molecular formula is C22H20N4O2S. The Kier molecular flexibility index (Phi) is 4.98. The molecule has 6 nitrogen and oxygen atoms in total. The Morgan fingerprint density at radius 1 is 1.10 bits per heavy atom. The number of nitrogens with zero attached hydrogens (tertiary/aromatic N) is 3. The Hall–Kier alpha value is -3.32. The number of carbonyl (C=O) groups excluding carboxylic acids is 1. The summed E-state index contributed by atoms with van der Waals surface area (Å²) in [4.78, 5) is 27.2. The molecule has 0 radical (unpaired) electrons.